The maximum absolute atomic E-state index is 13.0. The summed E-state index contributed by atoms with van der Waals surface area (Å²) in [5, 5.41) is 6.69. The van der Waals surface area contributed by atoms with Gasteiger partial charge in [0.2, 0.25) is 0 Å². The number of hydrogen-bond donors (Lipinski definition) is 2. The first kappa shape index (κ1) is 13.6. The lowest BCUT2D eigenvalue weighted by atomic mass is 10.1. The van der Waals surface area contributed by atoms with E-state index in [9.17, 15) is 4.39 Å². The van der Waals surface area contributed by atoms with Crippen LogP contribution >= 0.6 is 0 Å². The van der Waals surface area contributed by atoms with E-state index in [4.69, 9.17) is 0 Å². The summed E-state index contributed by atoms with van der Waals surface area (Å²) in [6.45, 7) is 7.79. The zero-order valence-electron chi connectivity index (χ0n) is 11.6. The molecule has 1 aliphatic rings. The molecule has 0 amide bonds. The summed E-state index contributed by atoms with van der Waals surface area (Å²) >= 11 is 0. The van der Waals surface area contributed by atoms with E-state index in [0.717, 1.165) is 30.2 Å². The molecule has 2 rings (SSSR count). The number of rotatable bonds is 1. The van der Waals surface area contributed by atoms with Gasteiger partial charge in [0.25, 0.3) is 0 Å². The maximum atomic E-state index is 13.0. The average Bonchev–Trinajstić information content (AvgIpc) is 2.53. The summed E-state index contributed by atoms with van der Waals surface area (Å²) in [5.74, 6) is 0.636. The predicted octanol–water partition coefficient (Wildman–Crippen LogP) is 2.56. The number of benzene rings is 1. The van der Waals surface area contributed by atoms with Crippen LogP contribution in [-0.2, 0) is 0 Å². The summed E-state index contributed by atoms with van der Waals surface area (Å²) < 4.78 is 13.0. The third kappa shape index (κ3) is 4.09. The van der Waals surface area contributed by atoms with Crippen molar-refractivity contribution in [1.29, 1.82) is 0 Å². The highest BCUT2D eigenvalue weighted by Gasteiger charge is 2.13. The Morgan fingerprint density at radius 1 is 1.21 bits per heavy atom. The van der Waals surface area contributed by atoms with Crippen LogP contribution in [0.4, 0.5) is 4.39 Å². The molecular formula is C15H20FN3. The summed E-state index contributed by atoms with van der Waals surface area (Å²) in [6.07, 6.45) is 1.98. The van der Waals surface area contributed by atoms with Gasteiger partial charge < -0.3 is 10.6 Å². The Morgan fingerprint density at radius 2 is 1.89 bits per heavy atom. The molecule has 0 radical (unpaired) electrons. The van der Waals surface area contributed by atoms with Gasteiger partial charge in [-0.25, -0.2) is 4.39 Å². The Kier molecular flexibility index (Phi) is 3.88. The summed E-state index contributed by atoms with van der Waals surface area (Å²) in [4.78, 5) is 4.49. The van der Waals surface area contributed by atoms with Crippen LogP contribution < -0.4 is 10.6 Å². The second-order valence-electron chi connectivity index (χ2n) is 5.63. The van der Waals surface area contributed by atoms with Crippen molar-refractivity contribution in [3.8, 4) is 0 Å². The highest BCUT2D eigenvalue weighted by molar-refractivity contribution is 5.99. The normalized spacial score (nSPS) is 16.0. The number of hydrogen-bond acceptors (Lipinski definition) is 3. The second-order valence-corrected chi connectivity index (χ2v) is 5.63. The van der Waals surface area contributed by atoms with Crippen molar-refractivity contribution in [1.82, 2.24) is 10.6 Å². The lowest BCUT2D eigenvalue weighted by molar-refractivity contribution is 0.512. The Hall–Kier alpha value is -1.84. The molecule has 1 heterocycles. The fraction of sp³-hybridized carbons (Fsp3) is 0.400. The molecule has 0 fully saturated rings. The van der Waals surface area contributed by atoms with Crippen LogP contribution in [0.25, 0.3) is 5.70 Å². The van der Waals surface area contributed by atoms with E-state index in [1.165, 1.54) is 12.1 Å². The quantitative estimate of drug-likeness (QED) is 0.815. The SMILES string of the molecule is CC(C)(C)NC1=NCCNC(c2ccc(F)cc2)=C1. The van der Waals surface area contributed by atoms with E-state index >= 15 is 0 Å². The lowest BCUT2D eigenvalue weighted by Crippen LogP contribution is -2.40. The molecule has 19 heavy (non-hydrogen) atoms. The van der Waals surface area contributed by atoms with Crippen molar-refractivity contribution in [3.05, 3.63) is 41.7 Å². The first-order valence-electron chi connectivity index (χ1n) is 6.48. The second kappa shape index (κ2) is 5.43. The zero-order valence-corrected chi connectivity index (χ0v) is 11.6. The molecule has 2 N–H and O–H groups in total. The van der Waals surface area contributed by atoms with Crippen LogP contribution in [0, 0.1) is 5.82 Å². The van der Waals surface area contributed by atoms with Gasteiger partial charge in [0.15, 0.2) is 0 Å². The summed E-state index contributed by atoms with van der Waals surface area (Å²) in [6, 6.07) is 6.48. The number of nitrogens with one attached hydrogen (secondary N) is 2. The first-order valence-corrected chi connectivity index (χ1v) is 6.48. The van der Waals surface area contributed by atoms with Crippen molar-refractivity contribution in [2.75, 3.05) is 13.1 Å². The van der Waals surface area contributed by atoms with Crippen molar-refractivity contribution in [3.63, 3.8) is 0 Å². The molecule has 1 aromatic carbocycles. The smallest absolute Gasteiger partial charge is 0.123 e. The maximum Gasteiger partial charge on any atom is 0.123 e. The van der Waals surface area contributed by atoms with Gasteiger partial charge in [-0.15, -0.1) is 0 Å². The number of nitrogens with zero attached hydrogens (tertiary/aromatic N) is 1. The van der Waals surface area contributed by atoms with E-state index in [-0.39, 0.29) is 11.4 Å². The molecule has 0 spiro atoms. The van der Waals surface area contributed by atoms with Crippen LogP contribution in [0.1, 0.15) is 26.3 Å². The lowest BCUT2D eigenvalue weighted by Gasteiger charge is -2.22. The fourth-order valence-corrected chi connectivity index (χ4v) is 1.87. The van der Waals surface area contributed by atoms with Gasteiger partial charge in [-0.2, -0.15) is 0 Å². The molecule has 0 saturated carbocycles. The highest BCUT2D eigenvalue weighted by Crippen LogP contribution is 2.14. The predicted molar refractivity (Wildman–Crippen MR) is 77.6 cm³/mol. The summed E-state index contributed by atoms with van der Waals surface area (Å²) in [7, 11) is 0. The molecule has 3 nitrogen and oxygen atoms in total. The number of amidine groups is 1. The van der Waals surface area contributed by atoms with Crippen molar-refractivity contribution < 1.29 is 4.39 Å². The van der Waals surface area contributed by atoms with Gasteiger partial charge in [-0.05, 0) is 38.5 Å². The van der Waals surface area contributed by atoms with Crippen LogP contribution in [0.2, 0.25) is 0 Å². The molecule has 4 heteroatoms. The first-order chi connectivity index (χ1) is 8.94. The minimum absolute atomic E-state index is 0.0341. The van der Waals surface area contributed by atoms with E-state index in [1.807, 2.05) is 6.08 Å². The van der Waals surface area contributed by atoms with Crippen molar-refractivity contribution >= 4 is 11.5 Å². The third-order valence-electron chi connectivity index (χ3n) is 2.65. The average molecular weight is 261 g/mol. The minimum Gasteiger partial charge on any atom is -0.383 e. The monoisotopic (exact) mass is 261 g/mol. The fourth-order valence-electron chi connectivity index (χ4n) is 1.87. The van der Waals surface area contributed by atoms with Crippen LogP contribution in [-0.4, -0.2) is 24.5 Å². The van der Waals surface area contributed by atoms with E-state index in [1.54, 1.807) is 12.1 Å². The standard InChI is InChI=1S/C15H20FN3/c1-15(2,3)19-14-10-13(17-8-9-18-14)11-4-6-12(16)7-5-11/h4-7,10,17H,8-9H2,1-3H3,(H,18,19). The van der Waals surface area contributed by atoms with E-state index in [2.05, 4.69) is 36.4 Å². The van der Waals surface area contributed by atoms with Gasteiger partial charge in [0.1, 0.15) is 11.7 Å². The van der Waals surface area contributed by atoms with Gasteiger partial charge in [-0.1, -0.05) is 12.1 Å². The van der Waals surface area contributed by atoms with Gasteiger partial charge in [0.05, 0.1) is 6.54 Å². The molecule has 0 aromatic heterocycles. The molecule has 0 unspecified atom stereocenters. The van der Waals surface area contributed by atoms with E-state index in [0.29, 0.717) is 0 Å². The van der Waals surface area contributed by atoms with Crippen LogP contribution in [0.3, 0.4) is 0 Å². The molecule has 1 aliphatic heterocycles. The molecule has 102 valence electrons. The Balaban J connectivity index is 2.24. The minimum atomic E-state index is -0.223. The summed E-state index contributed by atoms with van der Waals surface area (Å²) in [5.41, 5.74) is 1.90. The molecular weight excluding hydrogens is 241 g/mol. The topological polar surface area (TPSA) is 36.4 Å². The van der Waals surface area contributed by atoms with Crippen molar-refractivity contribution in [2.24, 2.45) is 4.99 Å². The van der Waals surface area contributed by atoms with Crippen LogP contribution in [0.5, 0.6) is 0 Å². The largest absolute Gasteiger partial charge is 0.383 e. The molecule has 1 aromatic rings. The Bertz CT molecular complexity index is 495. The molecule has 0 bridgehead atoms. The van der Waals surface area contributed by atoms with E-state index < -0.39 is 0 Å². The number of halogens is 1. The highest BCUT2D eigenvalue weighted by atomic mass is 19.1. The Labute approximate surface area is 113 Å². The van der Waals surface area contributed by atoms with Gasteiger partial charge in [-0.3, -0.25) is 4.99 Å². The van der Waals surface area contributed by atoms with Gasteiger partial charge >= 0.3 is 0 Å². The molecule has 0 atom stereocenters. The zero-order chi connectivity index (χ0) is 13.9. The third-order valence-corrected chi connectivity index (χ3v) is 2.65. The number of aliphatic imine (C=N–C) groups is 1. The molecule has 0 aliphatic carbocycles. The Morgan fingerprint density at radius 3 is 2.53 bits per heavy atom. The van der Waals surface area contributed by atoms with Gasteiger partial charge in [0, 0.05) is 23.9 Å². The van der Waals surface area contributed by atoms with Crippen molar-refractivity contribution in [2.45, 2.75) is 26.3 Å². The van der Waals surface area contributed by atoms with Crippen LogP contribution in [0.15, 0.2) is 35.3 Å². The molecule has 0 saturated heterocycles.